The van der Waals surface area contributed by atoms with Crippen LogP contribution in [0.15, 0.2) is 34.2 Å². The Morgan fingerprint density at radius 2 is 2.25 bits per heavy atom. The van der Waals surface area contributed by atoms with Crippen LogP contribution in [0.25, 0.3) is 0 Å². The highest BCUT2D eigenvalue weighted by Gasteiger charge is 2.07. The maximum atomic E-state index is 9.52. The lowest BCUT2D eigenvalue weighted by molar-refractivity contribution is 0.203. The smallest absolute Gasteiger partial charge is 0.0908 e. The van der Waals surface area contributed by atoms with Crippen molar-refractivity contribution in [2.24, 2.45) is 0 Å². The second-order valence-corrected chi connectivity index (χ2v) is 3.10. The quantitative estimate of drug-likeness (QED) is 0.665. The van der Waals surface area contributed by atoms with E-state index in [9.17, 15) is 5.11 Å². The summed E-state index contributed by atoms with van der Waals surface area (Å²) in [6.07, 6.45) is 4.78. The number of aliphatic hydroxyl groups excluding tert-OH is 1. The molecule has 1 atom stereocenters. The molecule has 0 saturated heterocycles. The molecule has 1 N–H and O–H groups in total. The molecule has 0 bridgehead atoms. The summed E-state index contributed by atoms with van der Waals surface area (Å²) in [5, 5.41) is 10.0. The van der Waals surface area contributed by atoms with Gasteiger partial charge in [0.25, 0.3) is 0 Å². The minimum absolute atomic E-state index is 0.427. The molecule has 0 aromatic rings. The Bertz CT molecular complexity index is 289. The highest BCUT2D eigenvalue weighted by Crippen LogP contribution is 2.14. The number of halogens is 1. The van der Waals surface area contributed by atoms with Gasteiger partial charge in [0, 0.05) is 5.57 Å². The summed E-state index contributed by atoms with van der Waals surface area (Å²) in [7, 11) is 0. The molecule has 0 saturated carbocycles. The van der Waals surface area contributed by atoms with Crippen LogP contribution in [0.1, 0.15) is 19.8 Å². The van der Waals surface area contributed by atoms with Crippen molar-refractivity contribution in [3.8, 4) is 0 Å². The Balaban J connectivity index is 2.78. The van der Waals surface area contributed by atoms with E-state index >= 15 is 0 Å². The summed E-state index contributed by atoms with van der Waals surface area (Å²) in [5.74, 6) is 0. The fraction of sp³-hybridized carbons (Fsp3) is 0.400. The van der Waals surface area contributed by atoms with Gasteiger partial charge in [0.05, 0.1) is 11.1 Å². The Kier molecular flexibility index (Phi) is 3.40. The molecule has 0 aromatic carbocycles. The minimum atomic E-state index is -0.427. The van der Waals surface area contributed by atoms with Crippen molar-refractivity contribution in [3.05, 3.63) is 34.2 Å². The van der Waals surface area contributed by atoms with Gasteiger partial charge < -0.3 is 5.11 Å². The van der Waals surface area contributed by atoms with Crippen LogP contribution in [0, 0.1) is 0 Å². The molecule has 0 aromatic heterocycles. The van der Waals surface area contributed by atoms with Crippen molar-refractivity contribution >= 4 is 11.6 Å². The maximum Gasteiger partial charge on any atom is 0.0908 e. The topological polar surface area (TPSA) is 20.2 Å². The van der Waals surface area contributed by atoms with Crippen LogP contribution >= 0.6 is 11.6 Å². The molecule has 1 aliphatic carbocycles. The molecule has 0 aliphatic heterocycles. The van der Waals surface area contributed by atoms with Crippen molar-refractivity contribution < 1.29 is 5.11 Å². The van der Waals surface area contributed by atoms with E-state index < -0.39 is 6.10 Å². The largest absolute Gasteiger partial charge is 0.388 e. The molecule has 2 heteroatoms. The number of hydrogen-bond donors (Lipinski definition) is 1. The molecule has 1 rings (SSSR count). The minimum Gasteiger partial charge on any atom is -0.388 e. The van der Waals surface area contributed by atoms with E-state index in [4.69, 9.17) is 11.6 Å². The van der Waals surface area contributed by atoms with E-state index in [1.54, 1.807) is 12.2 Å². The van der Waals surface area contributed by atoms with E-state index in [0.29, 0.717) is 5.03 Å². The van der Waals surface area contributed by atoms with Crippen LogP contribution in [0.5, 0.6) is 0 Å². The average Bonchev–Trinajstić information content (AvgIpc) is 2.06. The third-order valence-electron chi connectivity index (χ3n) is 1.66. The van der Waals surface area contributed by atoms with E-state index in [2.05, 4.69) is 11.5 Å². The predicted octanol–water partition coefficient (Wildman–Crippen LogP) is 2.52. The summed E-state index contributed by atoms with van der Waals surface area (Å²) in [5.41, 5.74) is 6.30. The SMILES string of the molecule is CCCC(O)C1=C=C=C(Cl)C=C1. The third kappa shape index (κ3) is 2.41. The fourth-order valence-electron chi connectivity index (χ4n) is 1.00. The van der Waals surface area contributed by atoms with Gasteiger partial charge in [0.15, 0.2) is 0 Å². The van der Waals surface area contributed by atoms with E-state index in [0.717, 1.165) is 18.4 Å². The second-order valence-electron chi connectivity index (χ2n) is 2.69. The first-order chi connectivity index (χ1) is 5.74. The Morgan fingerprint density at radius 3 is 2.75 bits per heavy atom. The molecule has 64 valence electrons. The highest BCUT2D eigenvalue weighted by atomic mass is 35.5. The zero-order valence-corrected chi connectivity index (χ0v) is 7.73. The van der Waals surface area contributed by atoms with Crippen LogP contribution in [0.2, 0.25) is 0 Å². The molecule has 12 heavy (non-hydrogen) atoms. The molecule has 0 fully saturated rings. The van der Waals surface area contributed by atoms with Gasteiger partial charge in [-0.15, -0.1) is 0 Å². The summed E-state index contributed by atoms with van der Waals surface area (Å²) in [6.45, 7) is 2.03. The Hall–Kier alpha value is -0.710. The van der Waals surface area contributed by atoms with Crippen molar-refractivity contribution in [1.82, 2.24) is 0 Å². The van der Waals surface area contributed by atoms with Gasteiger partial charge in [0.2, 0.25) is 0 Å². The lowest BCUT2D eigenvalue weighted by atomic mass is 10.0. The highest BCUT2D eigenvalue weighted by molar-refractivity contribution is 6.31. The number of rotatable bonds is 3. The first-order valence-electron chi connectivity index (χ1n) is 4.01. The number of allylic oxidation sites excluding steroid dienone is 2. The first kappa shape index (κ1) is 9.38. The summed E-state index contributed by atoms with van der Waals surface area (Å²) >= 11 is 5.62. The van der Waals surface area contributed by atoms with Gasteiger partial charge in [-0.1, -0.05) is 30.7 Å². The molecule has 1 unspecified atom stereocenters. The van der Waals surface area contributed by atoms with Crippen molar-refractivity contribution in [2.45, 2.75) is 25.9 Å². The number of aliphatic hydroxyl groups is 1. The van der Waals surface area contributed by atoms with Gasteiger partial charge in [-0.05, 0) is 24.3 Å². The van der Waals surface area contributed by atoms with Gasteiger partial charge in [0.1, 0.15) is 0 Å². The average molecular weight is 183 g/mol. The third-order valence-corrected chi connectivity index (χ3v) is 1.88. The molecular weight excluding hydrogens is 172 g/mol. The van der Waals surface area contributed by atoms with Crippen LogP contribution in [0.4, 0.5) is 0 Å². The van der Waals surface area contributed by atoms with Gasteiger partial charge in [-0.25, -0.2) is 0 Å². The number of hydrogen-bond acceptors (Lipinski definition) is 1. The molecule has 0 radical (unpaired) electrons. The zero-order chi connectivity index (χ0) is 8.97. The first-order valence-corrected chi connectivity index (χ1v) is 4.39. The van der Waals surface area contributed by atoms with Gasteiger partial charge in [-0.3, -0.25) is 0 Å². The van der Waals surface area contributed by atoms with E-state index in [1.165, 1.54) is 0 Å². The fourth-order valence-corrected chi connectivity index (χ4v) is 1.11. The monoisotopic (exact) mass is 182 g/mol. The lowest BCUT2D eigenvalue weighted by Crippen LogP contribution is -2.07. The lowest BCUT2D eigenvalue weighted by Gasteiger charge is -2.08. The maximum absolute atomic E-state index is 9.52. The molecule has 1 nitrogen and oxygen atoms in total. The second kappa shape index (κ2) is 4.35. The van der Waals surface area contributed by atoms with Gasteiger partial charge >= 0.3 is 0 Å². The molecule has 0 heterocycles. The van der Waals surface area contributed by atoms with Crippen LogP contribution in [0.3, 0.4) is 0 Å². The molecule has 0 spiro atoms. The zero-order valence-electron chi connectivity index (χ0n) is 6.97. The normalized spacial score (nSPS) is 17.2. The Morgan fingerprint density at radius 1 is 1.50 bits per heavy atom. The summed E-state index contributed by atoms with van der Waals surface area (Å²) < 4.78 is 0. The summed E-state index contributed by atoms with van der Waals surface area (Å²) in [4.78, 5) is 0. The Labute approximate surface area is 77.4 Å². The van der Waals surface area contributed by atoms with Crippen LogP contribution in [-0.2, 0) is 0 Å². The van der Waals surface area contributed by atoms with Gasteiger partial charge in [-0.2, -0.15) is 0 Å². The standard InChI is InChI=1S/C10H11ClO/c1-2-3-10(12)8-4-6-9(11)7-5-8/h4,6,10,12H,2-3H2,1H3. The predicted molar refractivity (Wildman–Crippen MR) is 50.0 cm³/mol. The van der Waals surface area contributed by atoms with E-state index in [-0.39, 0.29) is 0 Å². The molecule has 1 aliphatic rings. The molecule has 0 amide bonds. The van der Waals surface area contributed by atoms with Crippen molar-refractivity contribution in [1.29, 1.82) is 0 Å². The molecular formula is C10H11ClO. The summed E-state index contributed by atoms with van der Waals surface area (Å²) in [6, 6.07) is 0. The van der Waals surface area contributed by atoms with Crippen LogP contribution < -0.4 is 0 Å². The van der Waals surface area contributed by atoms with Crippen molar-refractivity contribution in [2.75, 3.05) is 0 Å². The van der Waals surface area contributed by atoms with E-state index in [1.807, 2.05) is 6.92 Å². The van der Waals surface area contributed by atoms with Crippen LogP contribution in [-0.4, -0.2) is 11.2 Å². The van der Waals surface area contributed by atoms with Crippen molar-refractivity contribution in [3.63, 3.8) is 0 Å².